The molecule has 0 aliphatic heterocycles. The van der Waals surface area contributed by atoms with E-state index < -0.39 is 0 Å². The molecule has 0 saturated carbocycles. The third kappa shape index (κ3) is 2.79. The van der Waals surface area contributed by atoms with Gasteiger partial charge in [0.2, 0.25) is 5.91 Å². The highest BCUT2D eigenvalue weighted by molar-refractivity contribution is 5.94. The van der Waals surface area contributed by atoms with Crippen LogP contribution in [-0.4, -0.2) is 29.0 Å². The molecule has 0 aliphatic carbocycles. The number of carbonyl (C=O) groups is 1. The van der Waals surface area contributed by atoms with Gasteiger partial charge in [0.1, 0.15) is 6.33 Å². The molecule has 0 saturated heterocycles. The van der Waals surface area contributed by atoms with Gasteiger partial charge in [-0.25, -0.2) is 9.97 Å². The number of nitrogens with one attached hydrogen (secondary N) is 2. The van der Waals surface area contributed by atoms with Gasteiger partial charge in [-0.2, -0.15) is 0 Å². The van der Waals surface area contributed by atoms with Gasteiger partial charge >= 0.3 is 0 Å². The highest BCUT2D eigenvalue weighted by Crippen LogP contribution is 2.00. The van der Waals surface area contributed by atoms with Crippen LogP contribution in [0.1, 0.15) is 6.92 Å². The Bertz CT molecular complexity index is 275. The fourth-order valence-electron chi connectivity index (χ4n) is 0.745. The zero-order chi connectivity index (χ0) is 9.68. The predicted molar refractivity (Wildman–Crippen MR) is 49.2 cm³/mol. The van der Waals surface area contributed by atoms with E-state index in [0.29, 0.717) is 5.69 Å². The van der Waals surface area contributed by atoms with Crippen LogP contribution < -0.4 is 10.6 Å². The van der Waals surface area contributed by atoms with Crippen LogP contribution in [-0.2, 0) is 4.79 Å². The van der Waals surface area contributed by atoms with Gasteiger partial charge in [0, 0.05) is 0 Å². The van der Waals surface area contributed by atoms with Crippen LogP contribution in [0.4, 0.5) is 5.69 Å². The van der Waals surface area contributed by atoms with Gasteiger partial charge < -0.3 is 10.6 Å². The first-order valence-corrected chi connectivity index (χ1v) is 3.97. The quantitative estimate of drug-likeness (QED) is 0.688. The number of amides is 1. The minimum absolute atomic E-state index is 0.0997. The summed E-state index contributed by atoms with van der Waals surface area (Å²) in [5.41, 5.74) is 0.606. The zero-order valence-corrected chi connectivity index (χ0v) is 7.61. The molecule has 0 aliphatic rings. The van der Waals surface area contributed by atoms with Crippen molar-refractivity contribution in [2.45, 2.75) is 13.0 Å². The molecule has 0 unspecified atom stereocenters. The molecule has 1 aromatic rings. The summed E-state index contributed by atoms with van der Waals surface area (Å²) in [4.78, 5) is 18.9. The highest BCUT2D eigenvalue weighted by atomic mass is 16.2. The van der Waals surface area contributed by atoms with Gasteiger partial charge in [0.25, 0.3) is 0 Å². The predicted octanol–water partition coefficient (Wildman–Crippen LogP) is 0.0230. The number of rotatable bonds is 3. The zero-order valence-electron chi connectivity index (χ0n) is 7.61. The molecule has 0 fully saturated rings. The third-order valence-electron chi connectivity index (χ3n) is 1.65. The molecule has 70 valence electrons. The maximum absolute atomic E-state index is 11.3. The standard InChI is InChI=1S/C8H12N4O/c1-6(9-2)8(13)12-7-3-10-5-11-4-7/h3-6,9H,1-2H3,(H,12,13)/t6-/m0/s1. The Morgan fingerprint density at radius 1 is 1.46 bits per heavy atom. The van der Waals surface area contributed by atoms with Crippen LogP contribution in [0.25, 0.3) is 0 Å². The Hall–Kier alpha value is -1.49. The maximum atomic E-state index is 11.3. The SMILES string of the molecule is CN[C@@H](C)C(=O)Nc1cncnc1. The smallest absolute Gasteiger partial charge is 0.241 e. The topological polar surface area (TPSA) is 66.9 Å². The molecular weight excluding hydrogens is 168 g/mol. The van der Waals surface area contributed by atoms with E-state index in [1.54, 1.807) is 26.4 Å². The van der Waals surface area contributed by atoms with E-state index in [4.69, 9.17) is 0 Å². The average Bonchev–Trinajstić information content (AvgIpc) is 2.18. The summed E-state index contributed by atoms with van der Waals surface area (Å²) in [6, 6.07) is -0.222. The molecular formula is C8H12N4O. The number of aromatic nitrogens is 2. The second kappa shape index (κ2) is 4.51. The molecule has 1 heterocycles. The summed E-state index contributed by atoms with van der Waals surface area (Å²) in [6.45, 7) is 1.78. The van der Waals surface area contributed by atoms with E-state index in [1.807, 2.05) is 0 Å². The lowest BCUT2D eigenvalue weighted by Gasteiger charge is -2.09. The van der Waals surface area contributed by atoms with E-state index >= 15 is 0 Å². The largest absolute Gasteiger partial charge is 0.322 e. The van der Waals surface area contributed by atoms with Crippen LogP contribution in [0, 0.1) is 0 Å². The van der Waals surface area contributed by atoms with Gasteiger partial charge in [-0.15, -0.1) is 0 Å². The lowest BCUT2D eigenvalue weighted by molar-refractivity contribution is -0.117. The normalized spacial score (nSPS) is 12.2. The minimum Gasteiger partial charge on any atom is -0.322 e. The van der Waals surface area contributed by atoms with Crippen molar-refractivity contribution in [1.82, 2.24) is 15.3 Å². The molecule has 0 bridgehead atoms. The molecule has 0 aromatic carbocycles. The molecule has 1 atom stereocenters. The molecule has 2 N–H and O–H groups in total. The lowest BCUT2D eigenvalue weighted by Crippen LogP contribution is -2.35. The molecule has 5 heteroatoms. The lowest BCUT2D eigenvalue weighted by atomic mass is 10.3. The van der Waals surface area contributed by atoms with Gasteiger partial charge in [0.05, 0.1) is 24.1 Å². The van der Waals surface area contributed by atoms with Crippen molar-refractivity contribution in [3.05, 3.63) is 18.7 Å². The van der Waals surface area contributed by atoms with E-state index in [2.05, 4.69) is 20.6 Å². The molecule has 13 heavy (non-hydrogen) atoms. The van der Waals surface area contributed by atoms with Crippen LogP contribution in [0.15, 0.2) is 18.7 Å². The first-order chi connectivity index (χ1) is 6.24. The number of likely N-dealkylation sites (N-methyl/N-ethyl adjacent to an activating group) is 1. The molecule has 0 radical (unpaired) electrons. The van der Waals surface area contributed by atoms with Gasteiger partial charge in [-0.05, 0) is 14.0 Å². The summed E-state index contributed by atoms with van der Waals surface area (Å²) in [5.74, 6) is -0.0997. The summed E-state index contributed by atoms with van der Waals surface area (Å²) in [7, 11) is 1.73. The van der Waals surface area contributed by atoms with Crippen molar-refractivity contribution in [2.75, 3.05) is 12.4 Å². The molecule has 1 rings (SSSR count). The van der Waals surface area contributed by atoms with E-state index in [0.717, 1.165) is 0 Å². The van der Waals surface area contributed by atoms with Crippen LogP contribution in [0.3, 0.4) is 0 Å². The van der Waals surface area contributed by atoms with Gasteiger partial charge in [-0.1, -0.05) is 0 Å². The monoisotopic (exact) mass is 180 g/mol. The van der Waals surface area contributed by atoms with Crippen molar-refractivity contribution in [1.29, 1.82) is 0 Å². The first-order valence-electron chi connectivity index (χ1n) is 3.97. The second-order valence-corrected chi connectivity index (χ2v) is 2.63. The fourth-order valence-corrected chi connectivity index (χ4v) is 0.745. The fraction of sp³-hybridized carbons (Fsp3) is 0.375. The Labute approximate surface area is 76.6 Å². The third-order valence-corrected chi connectivity index (χ3v) is 1.65. The van der Waals surface area contributed by atoms with Crippen molar-refractivity contribution < 1.29 is 4.79 Å². The van der Waals surface area contributed by atoms with Crippen molar-refractivity contribution in [3.8, 4) is 0 Å². The highest BCUT2D eigenvalue weighted by Gasteiger charge is 2.09. The van der Waals surface area contributed by atoms with Crippen molar-refractivity contribution in [2.24, 2.45) is 0 Å². The Kier molecular flexibility index (Phi) is 3.33. The Balaban J connectivity index is 2.55. The first kappa shape index (κ1) is 9.60. The minimum atomic E-state index is -0.222. The van der Waals surface area contributed by atoms with Crippen LogP contribution in [0.2, 0.25) is 0 Å². The van der Waals surface area contributed by atoms with E-state index in [-0.39, 0.29) is 11.9 Å². The molecule has 1 aromatic heterocycles. The van der Waals surface area contributed by atoms with E-state index in [1.165, 1.54) is 6.33 Å². The molecule has 0 spiro atoms. The molecule has 1 amide bonds. The summed E-state index contributed by atoms with van der Waals surface area (Å²) in [5, 5.41) is 5.50. The molecule has 5 nitrogen and oxygen atoms in total. The number of hydrogen-bond donors (Lipinski definition) is 2. The van der Waals surface area contributed by atoms with Gasteiger partial charge in [0.15, 0.2) is 0 Å². The summed E-state index contributed by atoms with van der Waals surface area (Å²) in [6.07, 6.45) is 4.51. The Morgan fingerprint density at radius 3 is 2.62 bits per heavy atom. The second-order valence-electron chi connectivity index (χ2n) is 2.63. The van der Waals surface area contributed by atoms with Crippen molar-refractivity contribution >= 4 is 11.6 Å². The summed E-state index contributed by atoms with van der Waals surface area (Å²) < 4.78 is 0. The van der Waals surface area contributed by atoms with E-state index in [9.17, 15) is 4.79 Å². The average molecular weight is 180 g/mol. The number of anilines is 1. The van der Waals surface area contributed by atoms with Crippen LogP contribution in [0.5, 0.6) is 0 Å². The van der Waals surface area contributed by atoms with Crippen molar-refractivity contribution in [3.63, 3.8) is 0 Å². The number of hydrogen-bond acceptors (Lipinski definition) is 4. The number of nitrogens with zero attached hydrogens (tertiary/aromatic N) is 2. The maximum Gasteiger partial charge on any atom is 0.241 e. The summed E-state index contributed by atoms with van der Waals surface area (Å²) >= 11 is 0. The van der Waals surface area contributed by atoms with Crippen LogP contribution >= 0.6 is 0 Å². The number of carbonyl (C=O) groups excluding carboxylic acids is 1. The Morgan fingerprint density at radius 2 is 2.08 bits per heavy atom. The van der Waals surface area contributed by atoms with Gasteiger partial charge in [-0.3, -0.25) is 4.79 Å².